The number of hydrogen-bond acceptors (Lipinski definition) is 4. The van der Waals surface area contributed by atoms with Crippen LogP contribution in [0.2, 0.25) is 0 Å². The molecule has 0 radical (unpaired) electrons. The number of amides is 2. The third kappa shape index (κ3) is 5.19. The van der Waals surface area contributed by atoms with Gasteiger partial charge in [-0.1, -0.05) is 25.3 Å². The van der Waals surface area contributed by atoms with Crippen molar-refractivity contribution in [3.05, 3.63) is 22.4 Å². The van der Waals surface area contributed by atoms with E-state index in [9.17, 15) is 4.79 Å². The second-order valence-corrected chi connectivity index (χ2v) is 8.52. The first-order chi connectivity index (χ1) is 12.1. The van der Waals surface area contributed by atoms with Crippen molar-refractivity contribution in [1.29, 1.82) is 0 Å². The average Bonchev–Trinajstić information content (AvgIpc) is 3.11. The Morgan fingerprint density at radius 2 is 1.92 bits per heavy atom. The lowest BCUT2D eigenvalue weighted by Gasteiger charge is -2.40. The lowest BCUT2D eigenvalue weighted by atomic mass is 9.96. The monoisotopic (exact) mass is 364 g/mol. The SMILES string of the molecule is C[C@@H](NC(=O)NC1CCCCC1)[C@@H](c1cccs1)N1CCN(C)CC1. The summed E-state index contributed by atoms with van der Waals surface area (Å²) in [5.41, 5.74) is 0. The van der Waals surface area contributed by atoms with Crippen LogP contribution in [-0.4, -0.2) is 61.1 Å². The molecule has 140 valence electrons. The second kappa shape index (κ2) is 9.01. The standard InChI is InChI=1S/C19H32N4OS/c1-15(20-19(24)21-16-7-4-3-5-8-16)18(17-9-6-14-25-17)23-12-10-22(2)11-13-23/h6,9,14-16,18H,3-5,7-8,10-13H2,1-2H3,(H2,20,21,24)/t15-,18+/m1/s1. The quantitative estimate of drug-likeness (QED) is 0.844. The Morgan fingerprint density at radius 1 is 1.20 bits per heavy atom. The highest BCUT2D eigenvalue weighted by Crippen LogP contribution is 2.29. The van der Waals surface area contributed by atoms with E-state index in [0.717, 1.165) is 39.0 Å². The summed E-state index contributed by atoms with van der Waals surface area (Å²) >= 11 is 1.79. The molecule has 0 unspecified atom stereocenters. The summed E-state index contributed by atoms with van der Waals surface area (Å²) in [4.78, 5) is 18.7. The van der Waals surface area contributed by atoms with E-state index in [0.29, 0.717) is 6.04 Å². The van der Waals surface area contributed by atoms with Gasteiger partial charge in [-0.2, -0.15) is 0 Å². The third-order valence-corrected chi connectivity index (χ3v) is 6.48. The topological polar surface area (TPSA) is 47.6 Å². The highest BCUT2D eigenvalue weighted by molar-refractivity contribution is 7.10. The van der Waals surface area contributed by atoms with Crippen molar-refractivity contribution in [2.75, 3.05) is 33.2 Å². The van der Waals surface area contributed by atoms with E-state index in [2.05, 4.69) is 51.9 Å². The van der Waals surface area contributed by atoms with Gasteiger partial charge in [0.2, 0.25) is 0 Å². The van der Waals surface area contributed by atoms with Crippen molar-refractivity contribution in [3.8, 4) is 0 Å². The molecular weight excluding hydrogens is 332 g/mol. The van der Waals surface area contributed by atoms with Gasteiger partial charge in [0.15, 0.2) is 0 Å². The van der Waals surface area contributed by atoms with Gasteiger partial charge in [0, 0.05) is 43.1 Å². The number of thiophene rings is 1. The molecule has 2 atom stereocenters. The van der Waals surface area contributed by atoms with Gasteiger partial charge in [-0.3, -0.25) is 4.90 Å². The Hall–Kier alpha value is -1.11. The molecule has 0 spiro atoms. The maximum Gasteiger partial charge on any atom is 0.315 e. The molecule has 5 nitrogen and oxygen atoms in total. The molecule has 2 heterocycles. The van der Waals surface area contributed by atoms with Crippen molar-refractivity contribution in [3.63, 3.8) is 0 Å². The summed E-state index contributed by atoms with van der Waals surface area (Å²) in [6.07, 6.45) is 6.02. The van der Waals surface area contributed by atoms with Crippen molar-refractivity contribution >= 4 is 17.4 Å². The molecule has 3 rings (SSSR count). The Bertz CT molecular complexity index is 522. The van der Waals surface area contributed by atoms with E-state index in [1.807, 2.05) is 0 Å². The number of carbonyl (C=O) groups is 1. The predicted octanol–water partition coefficient (Wildman–Crippen LogP) is 3.06. The maximum absolute atomic E-state index is 12.5. The lowest BCUT2D eigenvalue weighted by molar-refractivity contribution is 0.0963. The first kappa shape index (κ1) is 18.7. The molecule has 1 aromatic rings. The molecular formula is C19H32N4OS. The van der Waals surface area contributed by atoms with Gasteiger partial charge in [-0.05, 0) is 38.3 Å². The van der Waals surface area contributed by atoms with E-state index < -0.39 is 0 Å². The zero-order chi connectivity index (χ0) is 17.6. The van der Waals surface area contributed by atoms with E-state index in [1.165, 1.54) is 24.1 Å². The van der Waals surface area contributed by atoms with Gasteiger partial charge in [-0.25, -0.2) is 4.79 Å². The maximum atomic E-state index is 12.5. The largest absolute Gasteiger partial charge is 0.335 e. The number of carbonyl (C=O) groups excluding carboxylic acids is 1. The number of piperazine rings is 1. The van der Waals surface area contributed by atoms with Gasteiger partial charge in [-0.15, -0.1) is 11.3 Å². The van der Waals surface area contributed by atoms with Crippen LogP contribution in [0.4, 0.5) is 4.79 Å². The average molecular weight is 365 g/mol. The van der Waals surface area contributed by atoms with Crippen molar-refractivity contribution < 1.29 is 4.79 Å². The summed E-state index contributed by atoms with van der Waals surface area (Å²) in [5, 5.41) is 8.54. The van der Waals surface area contributed by atoms with Crippen LogP contribution in [-0.2, 0) is 0 Å². The van der Waals surface area contributed by atoms with Gasteiger partial charge in [0.25, 0.3) is 0 Å². The third-order valence-electron chi connectivity index (χ3n) is 5.54. The first-order valence-corrected chi connectivity index (χ1v) is 10.5. The molecule has 1 aliphatic carbocycles. The fraction of sp³-hybridized carbons (Fsp3) is 0.737. The molecule has 1 aromatic heterocycles. The van der Waals surface area contributed by atoms with Crippen LogP contribution in [0.25, 0.3) is 0 Å². The number of hydrogen-bond donors (Lipinski definition) is 2. The summed E-state index contributed by atoms with van der Waals surface area (Å²) in [5.74, 6) is 0. The fourth-order valence-corrected chi connectivity index (χ4v) is 5.03. The van der Waals surface area contributed by atoms with E-state index in [-0.39, 0.29) is 18.1 Å². The van der Waals surface area contributed by atoms with Crippen molar-refractivity contribution in [2.24, 2.45) is 0 Å². The van der Waals surface area contributed by atoms with Crippen molar-refractivity contribution in [1.82, 2.24) is 20.4 Å². The highest BCUT2D eigenvalue weighted by Gasteiger charge is 2.30. The number of nitrogens with one attached hydrogen (secondary N) is 2. The van der Waals surface area contributed by atoms with E-state index in [1.54, 1.807) is 11.3 Å². The summed E-state index contributed by atoms with van der Waals surface area (Å²) in [6.45, 7) is 6.42. The first-order valence-electron chi connectivity index (χ1n) is 9.66. The summed E-state index contributed by atoms with van der Waals surface area (Å²) in [6, 6.07) is 5.00. The molecule has 2 fully saturated rings. The van der Waals surface area contributed by atoms with Crippen molar-refractivity contribution in [2.45, 2.75) is 57.2 Å². The minimum atomic E-state index is -0.00455. The molecule has 2 aliphatic rings. The molecule has 0 aromatic carbocycles. The number of likely N-dealkylation sites (N-methyl/N-ethyl adjacent to an activating group) is 1. The van der Waals surface area contributed by atoms with Crippen LogP contribution >= 0.6 is 11.3 Å². The minimum Gasteiger partial charge on any atom is -0.335 e. The molecule has 1 saturated carbocycles. The van der Waals surface area contributed by atoms with Crippen LogP contribution in [0.15, 0.2) is 17.5 Å². The minimum absolute atomic E-state index is 0.00455. The van der Waals surface area contributed by atoms with E-state index in [4.69, 9.17) is 0 Å². The van der Waals surface area contributed by atoms with Crippen LogP contribution < -0.4 is 10.6 Å². The van der Waals surface area contributed by atoms with Gasteiger partial charge < -0.3 is 15.5 Å². The summed E-state index contributed by atoms with van der Waals surface area (Å²) < 4.78 is 0. The second-order valence-electron chi connectivity index (χ2n) is 7.54. The van der Waals surface area contributed by atoms with Crippen LogP contribution in [0.1, 0.15) is 49.9 Å². The zero-order valence-electron chi connectivity index (χ0n) is 15.5. The van der Waals surface area contributed by atoms with Crippen LogP contribution in [0, 0.1) is 0 Å². The molecule has 25 heavy (non-hydrogen) atoms. The van der Waals surface area contributed by atoms with E-state index >= 15 is 0 Å². The molecule has 1 aliphatic heterocycles. The molecule has 1 saturated heterocycles. The zero-order valence-corrected chi connectivity index (χ0v) is 16.4. The van der Waals surface area contributed by atoms with Gasteiger partial charge in [0.1, 0.15) is 0 Å². The van der Waals surface area contributed by atoms with Crippen LogP contribution in [0.3, 0.4) is 0 Å². The molecule has 6 heteroatoms. The van der Waals surface area contributed by atoms with Gasteiger partial charge >= 0.3 is 6.03 Å². The number of nitrogens with zero attached hydrogens (tertiary/aromatic N) is 2. The van der Waals surface area contributed by atoms with Crippen LogP contribution in [0.5, 0.6) is 0 Å². The molecule has 0 bridgehead atoms. The number of rotatable bonds is 5. The smallest absolute Gasteiger partial charge is 0.315 e. The fourth-order valence-electron chi connectivity index (χ4n) is 4.06. The van der Waals surface area contributed by atoms with Gasteiger partial charge in [0.05, 0.1) is 6.04 Å². The Balaban J connectivity index is 1.60. The Labute approximate surface area is 155 Å². The predicted molar refractivity (Wildman–Crippen MR) is 104 cm³/mol. The highest BCUT2D eigenvalue weighted by atomic mass is 32.1. The normalized spacial score (nSPS) is 23.1. The molecule has 2 amide bonds. The Kier molecular flexibility index (Phi) is 6.73. The summed E-state index contributed by atoms with van der Waals surface area (Å²) in [7, 11) is 2.18. The number of urea groups is 1. The lowest BCUT2D eigenvalue weighted by Crippen LogP contribution is -2.53. The molecule has 2 N–H and O–H groups in total. The Morgan fingerprint density at radius 3 is 2.56 bits per heavy atom.